The Labute approximate surface area is 192 Å². The highest BCUT2D eigenvalue weighted by Gasteiger charge is 2.17. The first-order valence-corrected chi connectivity index (χ1v) is 10.6. The number of carbonyl (C=O) groups is 1. The van der Waals surface area contributed by atoms with Gasteiger partial charge in [-0.1, -0.05) is 11.6 Å². The number of aromatic nitrogens is 1. The van der Waals surface area contributed by atoms with Gasteiger partial charge in [0.25, 0.3) is 0 Å². The predicted octanol–water partition coefficient (Wildman–Crippen LogP) is 5.69. The van der Waals surface area contributed by atoms with Crippen LogP contribution in [0.3, 0.4) is 0 Å². The Morgan fingerprint density at radius 3 is 2.44 bits per heavy atom. The number of nitrogens with zero attached hydrogens (tertiary/aromatic N) is 1. The maximum Gasteiger partial charge on any atom is 0.337 e. The second-order valence-electron chi connectivity index (χ2n) is 7.48. The predicted molar refractivity (Wildman–Crippen MR) is 124 cm³/mol. The minimum atomic E-state index is -1.02. The third-order valence-corrected chi connectivity index (χ3v) is 5.14. The van der Waals surface area contributed by atoms with E-state index in [4.69, 9.17) is 30.8 Å². The number of pyridine rings is 1. The standard InChI is InChI=1S/C25H26ClNO5/c1-15(2)32-24-14-17(26)6-8-19(24)21-11-9-20(25(28)29)22(27-21)10-5-16-13-18(30-3)7-12-23(16)31-4/h6-9,11-15H,5,10H2,1-4H3,(H,28,29). The van der Waals surface area contributed by atoms with E-state index in [2.05, 4.69) is 0 Å². The average Bonchev–Trinajstić information content (AvgIpc) is 2.76. The molecule has 1 heterocycles. The monoisotopic (exact) mass is 455 g/mol. The first-order valence-electron chi connectivity index (χ1n) is 10.2. The van der Waals surface area contributed by atoms with Gasteiger partial charge in [-0.15, -0.1) is 0 Å². The third-order valence-electron chi connectivity index (χ3n) is 4.91. The Bertz CT molecular complexity index is 1110. The number of hydrogen-bond acceptors (Lipinski definition) is 5. The molecule has 3 aromatic rings. The lowest BCUT2D eigenvalue weighted by Gasteiger charge is -2.16. The summed E-state index contributed by atoms with van der Waals surface area (Å²) in [6.07, 6.45) is 0.894. The van der Waals surface area contributed by atoms with Crippen LogP contribution < -0.4 is 14.2 Å². The zero-order chi connectivity index (χ0) is 23.3. The number of aromatic carboxylic acids is 1. The molecule has 0 bridgehead atoms. The number of benzene rings is 2. The molecular formula is C25H26ClNO5. The van der Waals surface area contributed by atoms with Crippen molar-refractivity contribution in [2.45, 2.75) is 32.8 Å². The minimum absolute atomic E-state index is 0.0505. The lowest BCUT2D eigenvalue weighted by atomic mass is 10.0. The van der Waals surface area contributed by atoms with Crippen molar-refractivity contribution in [3.63, 3.8) is 0 Å². The molecule has 0 unspecified atom stereocenters. The second kappa shape index (κ2) is 10.4. The summed E-state index contributed by atoms with van der Waals surface area (Å²) >= 11 is 6.16. The van der Waals surface area contributed by atoms with Crippen LogP contribution in [0.15, 0.2) is 48.5 Å². The zero-order valence-electron chi connectivity index (χ0n) is 18.5. The third kappa shape index (κ3) is 5.51. The van der Waals surface area contributed by atoms with Crippen molar-refractivity contribution in [2.75, 3.05) is 14.2 Å². The Kier molecular flexibility index (Phi) is 7.59. The molecule has 0 spiro atoms. The number of halogens is 1. The Morgan fingerprint density at radius 2 is 1.78 bits per heavy atom. The summed E-state index contributed by atoms with van der Waals surface area (Å²) in [7, 11) is 3.20. The Hall–Kier alpha value is -3.25. The molecule has 0 aliphatic rings. The number of methoxy groups -OCH3 is 2. The van der Waals surface area contributed by atoms with E-state index in [-0.39, 0.29) is 11.7 Å². The van der Waals surface area contributed by atoms with Gasteiger partial charge in [0.15, 0.2) is 0 Å². The lowest BCUT2D eigenvalue weighted by molar-refractivity contribution is 0.0695. The SMILES string of the molecule is COc1ccc(OC)c(CCc2nc(-c3ccc(Cl)cc3OC(C)C)ccc2C(=O)O)c1. The first-order chi connectivity index (χ1) is 15.3. The zero-order valence-corrected chi connectivity index (χ0v) is 19.3. The molecule has 6 nitrogen and oxygen atoms in total. The minimum Gasteiger partial charge on any atom is -0.497 e. The van der Waals surface area contributed by atoms with E-state index >= 15 is 0 Å². The van der Waals surface area contributed by atoms with Crippen LogP contribution in [0.5, 0.6) is 17.2 Å². The molecule has 0 saturated heterocycles. The molecule has 3 rings (SSSR count). The van der Waals surface area contributed by atoms with E-state index in [9.17, 15) is 9.90 Å². The van der Waals surface area contributed by atoms with E-state index in [0.717, 1.165) is 11.1 Å². The maximum absolute atomic E-state index is 11.8. The van der Waals surface area contributed by atoms with E-state index in [0.29, 0.717) is 46.5 Å². The van der Waals surface area contributed by atoms with Gasteiger partial charge in [-0.25, -0.2) is 4.79 Å². The van der Waals surface area contributed by atoms with Crippen LogP contribution in [0.2, 0.25) is 5.02 Å². The van der Waals surface area contributed by atoms with Gasteiger partial charge in [0.2, 0.25) is 0 Å². The van der Waals surface area contributed by atoms with E-state index in [1.54, 1.807) is 38.5 Å². The molecule has 1 aromatic heterocycles. The Balaban J connectivity index is 1.99. The molecule has 0 aliphatic carbocycles. The van der Waals surface area contributed by atoms with Gasteiger partial charge >= 0.3 is 5.97 Å². The first kappa shape index (κ1) is 23.4. The average molecular weight is 456 g/mol. The van der Waals surface area contributed by atoms with Crippen molar-refractivity contribution in [3.8, 4) is 28.5 Å². The topological polar surface area (TPSA) is 77.9 Å². The molecule has 168 valence electrons. The molecule has 0 saturated carbocycles. The summed E-state index contributed by atoms with van der Waals surface area (Å²) in [4.78, 5) is 16.5. The fraction of sp³-hybridized carbons (Fsp3) is 0.280. The quantitative estimate of drug-likeness (QED) is 0.446. The van der Waals surface area contributed by atoms with Crippen molar-refractivity contribution in [3.05, 3.63) is 70.4 Å². The van der Waals surface area contributed by atoms with Crippen molar-refractivity contribution >= 4 is 17.6 Å². The number of aryl methyl sites for hydroxylation is 2. The largest absolute Gasteiger partial charge is 0.497 e. The van der Waals surface area contributed by atoms with E-state index in [1.807, 2.05) is 38.1 Å². The van der Waals surface area contributed by atoms with Gasteiger partial charge < -0.3 is 19.3 Å². The summed E-state index contributed by atoms with van der Waals surface area (Å²) in [5.74, 6) is 0.997. The van der Waals surface area contributed by atoms with E-state index in [1.165, 1.54) is 0 Å². The smallest absolute Gasteiger partial charge is 0.337 e. The van der Waals surface area contributed by atoms with Gasteiger partial charge in [-0.05, 0) is 80.8 Å². The number of hydrogen-bond donors (Lipinski definition) is 1. The number of ether oxygens (including phenoxy) is 3. The van der Waals surface area contributed by atoms with Crippen LogP contribution >= 0.6 is 11.6 Å². The summed E-state index contributed by atoms with van der Waals surface area (Å²) < 4.78 is 16.7. The lowest BCUT2D eigenvalue weighted by Crippen LogP contribution is -2.09. The summed E-state index contributed by atoms with van der Waals surface area (Å²) in [6, 6.07) is 14.1. The van der Waals surface area contributed by atoms with Gasteiger partial charge in [0.05, 0.1) is 37.3 Å². The van der Waals surface area contributed by atoms with Crippen molar-refractivity contribution in [1.29, 1.82) is 0 Å². The molecule has 0 atom stereocenters. The van der Waals surface area contributed by atoms with Gasteiger partial charge in [-0.2, -0.15) is 0 Å². The number of carboxylic acid groups (broad SMARTS) is 1. The highest BCUT2D eigenvalue weighted by atomic mass is 35.5. The normalized spacial score (nSPS) is 10.8. The molecule has 32 heavy (non-hydrogen) atoms. The van der Waals surface area contributed by atoms with Crippen molar-refractivity contribution < 1.29 is 24.1 Å². The molecule has 0 radical (unpaired) electrons. The number of carboxylic acids is 1. The van der Waals surface area contributed by atoms with Crippen LogP contribution in [-0.2, 0) is 12.8 Å². The summed E-state index contributed by atoms with van der Waals surface area (Å²) in [5, 5.41) is 10.2. The summed E-state index contributed by atoms with van der Waals surface area (Å²) in [6.45, 7) is 3.86. The van der Waals surface area contributed by atoms with Crippen LogP contribution in [0, 0.1) is 0 Å². The second-order valence-corrected chi connectivity index (χ2v) is 7.92. The van der Waals surface area contributed by atoms with Crippen molar-refractivity contribution in [1.82, 2.24) is 4.98 Å². The summed E-state index contributed by atoms with van der Waals surface area (Å²) in [5.41, 5.74) is 2.92. The molecule has 0 fully saturated rings. The fourth-order valence-corrected chi connectivity index (χ4v) is 3.59. The van der Waals surface area contributed by atoms with Crippen LogP contribution in [0.25, 0.3) is 11.3 Å². The number of rotatable bonds is 9. The molecule has 0 amide bonds. The fourth-order valence-electron chi connectivity index (χ4n) is 3.43. The van der Waals surface area contributed by atoms with E-state index < -0.39 is 5.97 Å². The van der Waals surface area contributed by atoms with Crippen LogP contribution in [0.1, 0.15) is 35.5 Å². The molecule has 7 heteroatoms. The highest BCUT2D eigenvalue weighted by molar-refractivity contribution is 6.30. The van der Waals surface area contributed by atoms with Gasteiger partial charge in [0, 0.05) is 10.6 Å². The highest BCUT2D eigenvalue weighted by Crippen LogP contribution is 2.33. The van der Waals surface area contributed by atoms with Gasteiger partial charge in [-0.3, -0.25) is 4.98 Å². The molecular weight excluding hydrogens is 430 g/mol. The van der Waals surface area contributed by atoms with Crippen LogP contribution in [-0.4, -0.2) is 36.4 Å². The van der Waals surface area contributed by atoms with Crippen LogP contribution in [0.4, 0.5) is 0 Å². The molecule has 0 aliphatic heterocycles. The Morgan fingerprint density at radius 1 is 1.00 bits per heavy atom. The molecule has 1 N–H and O–H groups in total. The molecule has 2 aromatic carbocycles. The maximum atomic E-state index is 11.8. The van der Waals surface area contributed by atoms with Crippen molar-refractivity contribution in [2.24, 2.45) is 0 Å². The van der Waals surface area contributed by atoms with Gasteiger partial charge in [0.1, 0.15) is 17.2 Å².